The number of aliphatic carboxylic acids is 1. The van der Waals surface area contributed by atoms with Gasteiger partial charge in [-0.2, -0.15) is 0 Å². The molecule has 0 saturated heterocycles. The van der Waals surface area contributed by atoms with Crippen molar-refractivity contribution in [1.29, 1.82) is 0 Å². The van der Waals surface area contributed by atoms with Gasteiger partial charge in [0.2, 0.25) is 0 Å². The number of hydrogen-bond donors (Lipinski definition) is 2. The molecule has 0 radical (unpaired) electrons. The zero-order chi connectivity index (χ0) is 24.5. The number of rotatable bonds is 11. The lowest BCUT2D eigenvalue weighted by molar-refractivity contribution is -0.136. The Morgan fingerprint density at radius 3 is 2.35 bits per heavy atom. The number of halogens is 1. The summed E-state index contributed by atoms with van der Waals surface area (Å²) in [6.07, 6.45) is 0.981. The molecule has 0 fully saturated rings. The lowest BCUT2D eigenvalue weighted by Gasteiger charge is -2.22. The second kappa shape index (κ2) is 12.2. The fourth-order valence-corrected chi connectivity index (χ4v) is 3.87. The molecule has 3 aromatic rings. The van der Waals surface area contributed by atoms with Gasteiger partial charge in [0.25, 0.3) is 5.91 Å². The second-order valence-corrected chi connectivity index (χ2v) is 9.13. The number of aryl methyl sites for hydroxylation is 1. The lowest BCUT2D eigenvalue weighted by Crippen LogP contribution is -2.30. The molecule has 1 amide bonds. The average molecular weight is 480 g/mol. The number of carboxylic acid groups (broad SMARTS) is 1. The van der Waals surface area contributed by atoms with Crippen molar-refractivity contribution < 1.29 is 19.4 Å². The van der Waals surface area contributed by atoms with Crippen LogP contribution in [0.2, 0.25) is 5.02 Å². The van der Waals surface area contributed by atoms with Crippen LogP contribution in [0, 0.1) is 5.92 Å². The van der Waals surface area contributed by atoms with E-state index in [-0.39, 0.29) is 24.8 Å². The maximum absolute atomic E-state index is 13.4. The number of para-hydroxylation sites is 1. The Labute approximate surface area is 205 Å². The molecule has 34 heavy (non-hydrogen) atoms. The zero-order valence-electron chi connectivity index (χ0n) is 19.5. The quantitative estimate of drug-likeness (QED) is 0.331. The van der Waals surface area contributed by atoms with Crippen LogP contribution in [0.3, 0.4) is 0 Å². The molecule has 3 rings (SSSR count). The van der Waals surface area contributed by atoms with Gasteiger partial charge in [-0.05, 0) is 65.8 Å². The fraction of sp³-hybridized carbons (Fsp3) is 0.286. The Kier molecular flexibility index (Phi) is 9.11. The van der Waals surface area contributed by atoms with Gasteiger partial charge in [-0.25, -0.2) is 0 Å². The molecule has 178 valence electrons. The molecule has 0 aliphatic carbocycles. The highest BCUT2D eigenvalue weighted by molar-refractivity contribution is 6.30. The number of hydrogen-bond acceptors (Lipinski definition) is 3. The first-order chi connectivity index (χ1) is 16.3. The minimum atomic E-state index is -0.901. The highest BCUT2D eigenvalue weighted by Crippen LogP contribution is 2.25. The Morgan fingerprint density at radius 1 is 1.00 bits per heavy atom. The monoisotopic (exact) mass is 479 g/mol. The first kappa shape index (κ1) is 25.3. The van der Waals surface area contributed by atoms with Gasteiger partial charge >= 0.3 is 5.97 Å². The summed E-state index contributed by atoms with van der Waals surface area (Å²) >= 11 is 6.05. The van der Waals surface area contributed by atoms with E-state index in [1.54, 1.807) is 6.07 Å². The summed E-state index contributed by atoms with van der Waals surface area (Å²) in [5.74, 6) is -0.0366. The van der Waals surface area contributed by atoms with Crippen molar-refractivity contribution in [2.45, 2.75) is 45.8 Å². The van der Waals surface area contributed by atoms with Crippen LogP contribution in [0.1, 0.15) is 59.8 Å². The Morgan fingerprint density at radius 2 is 1.71 bits per heavy atom. The summed E-state index contributed by atoms with van der Waals surface area (Å²) in [4.78, 5) is 24.6. The summed E-state index contributed by atoms with van der Waals surface area (Å²) in [5.41, 5.74) is 2.97. The number of ether oxygens (including phenoxy) is 1. The van der Waals surface area contributed by atoms with Crippen molar-refractivity contribution >= 4 is 23.5 Å². The SMILES string of the molecule is CC(C)CC(NC(=O)c1cc(COc2ccccc2)ccc1CCC(=O)O)c1ccc(Cl)cc1. The van der Waals surface area contributed by atoms with Crippen molar-refractivity contribution in [2.24, 2.45) is 5.92 Å². The van der Waals surface area contributed by atoms with Crippen LogP contribution >= 0.6 is 11.6 Å². The minimum Gasteiger partial charge on any atom is -0.489 e. The molecule has 0 saturated carbocycles. The predicted molar refractivity (Wildman–Crippen MR) is 134 cm³/mol. The number of benzene rings is 3. The number of carbonyl (C=O) groups is 2. The van der Waals surface area contributed by atoms with E-state index in [2.05, 4.69) is 19.2 Å². The first-order valence-electron chi connectivity index (χ1n) is 11.4. The smallest absolute Gasteiger partial charge is 0.303 e. The number of nitrogens with one attached hydrogen (secondary N) is 1. The molecule has 0 aliphatic heterocycles. The van der Waals surface area contributed by atoms with E-state index >= 15 is 0 Å². The molecule has 0 spiro atoms. The van der Waals surface area contributed by atoms with Crippen molar-refractivity contribution in [1.82, 2.24) is 5.32 Å². The third kappa shape index (κ3) is 7.63. The van der Waals surface area contributed by atoms with Gasteiger partial charge in [-0.15, -0.1) is 0 Å². The largest absolute Gasteiger partial charge is 0.489 e. The van der Waals surface area contributed by atoms with Crippen LogP contribution in [-0.2, 0) is 17.8 Å². The van der Waals surface area contributed by atoms with E-state index in [0.29, 0.717) is 28.7 Å². The van der Waals surface area contributed by atoms with Crippen LogP contribution in [0.25, 0.3) is 0 Å². The van der Waals surface area contributed by atoms with Crippen LogP contribution < -0.4 is 10.1 Å². The third-order valence-electron chi connectivity index (χ3n) is 5.46. The molecule has 3 aromatic carbocycles. The van der Waals surface area contributed by atoms with E-state index in [0.717, 1.165) is 23.3 Å². The van der Waals surface area contributed by atoms with Crippen molar-refractivity contribution in [2.75, 3.05) is 0 Å². The van der Waals surface area contributed by atoms with E-state index in [1.807, 2.05) is 66.7 Å². The van der Waals surface area contributed by atoms with Gasteiger partial charge in [0, 0.05) is 17.0 Å². The van der Waals surface area contributed by atoms with Crippen molar-refractivity contribution in [3.63, 3.8) is 0 Å². The molecule has 1 unspecified atom stereocenters. The van der Waals surface area contributed by atoms with Gasteiger partial charge in [0.05, 0.1) is 6.04 Å². The van der Waals surface area contributed by atoms with Gasteiger partial charge in [-0.1, -0.05) is 67.9 Å². The zero-order valence-corrected chi connectivity index (χ0v) is 20.2. The molecular weight excluding hydrogens is 450 g/mol. The van der Waals surface area contributed by atoms with Crippen LogP contribution in [0.15, 0.2) is 72.8 Å². The molecule has 0 aromatic heterocycles. The van der Waals surface area contributed by atoms with Crippen LogP contribution in [0.4, 0.5) is 0 Å². The van der Waals surface area contributed by atoms with Gasteiger partial charge < -0.3 is 15.2 Å². The summed E-state index contributed by atoms with van der Waals surface area (Å²) < 4.78 is 5.84. The van der Waals surface area contributed by atoms with E-state index < -0.39 is 5.97 Å². The molecule has 0 aliphatic rings. The van der Waals surface area contributed by atoms with Crippen LogP contribution in [0.5, 0.6) is 5.75 Å². The normalized spacial score (nSPS) is 11.8. The standard InChI is InChI=1S/C28H30ClNO4/c1-19(2)16-26(22-10-13-23(29)14-11-22)30-28(33)25-17-20(8-9-21(25)12-15-27(31)32)18-34-24-6-4-3-5-7-24/h3-11,13-14,17,19,26H,12,15-16,18H2,1-2H3,(H,30,33)(H,31,32). The van der Waals surface area contributed by atoms with Gasteiger partial charge in [0.15, 0.2) is 0 Å². The number of carbonyl (C=O) groups excluding carboxylic acids is 1. The van der Waals surface area contributed by atoms with Crippen LogP contribution in [-0.4, -0.2) is 17.0 Å². The molecule has 6 heteroatoms. The number of carboxylic acids is 1. The van der Waals surface area contributed by atoms with Crippen molar-refractivity contribution in [3.05, 3.63) is 100 Å². The average Bonchev–Trinajstić information content (AvgIpc) is 2.82. The van der Waals surface area contributed by atoms with E-state index in [1.165, 1.54) is 0 Å². The summed E-state index contributed by atoms with van der Waals surface area (Å²) in [7, 11) is 0. The predicted octanol–water partition coefficient (Wildman–Crippen LogP) is 6.45. The molecule has 2 N–H and O–H groups in total. The highest BCUT2D eigenvalue weighted by atomic mass is 35.5. The first-order valence-corrected chi connectivity index (χ1v) is 11.8. The third-order valence-corrected chi connectivity index (χ3v) is 5.71. The molecule has 0 bridgehead atoms. The maximum Gasteiger partial charge on any atom is 0.303 e. The topological polar surface area (TPSA) is 75.6 Å². The molecule has 0 heterocycles. The molecule has 5 nitrogen and oxygen atoms in total. The fourth-order valence-electron chi connectivity index (χ4n) is 3.75. The lowest BCUT2D eigenvalue weighted by atomic mass is 9.95. The summed E-state index contributed by atoms with van der Waals surface area (Å²) in [6, 6.07) is 22.2. The summed E-state index contributed by atoms with van der Waals surface area (Å²) in [6.45, 7) is 4.51. The highest BCUT2D eigenvalue weighted by Gasteiger charge is 2.20. The summed E-state index contributed by atoms with van der Waals surface area (Å²) in [5, 5.41) is 13.0. The molecular formula is C28H30ClNO4. The maximum atomic E-state index is 13.4. The van der Waals surface area contributed by atoms with Gasteiger partial charge in [-0.3, -0.25) is 9.59 Å². The minimum absolute atomic E-state index is 0.0489. The second-order valence-electron chi connectivity index (χ2n) is 8.69. The molecule has 1 atom stereocenters. The Balaban J connectivity index is 1.85. The van der Waals surface area contributed by atoms with E-state index in [4.69, 9.17) is 21.4 Å². The Bertz CT molecular complexity index is 1100. The van der Waals surface area contributed by atoms with Gasteiger partial charge in [0.1, 0.15) is 12.4 Å². The Hall–Kier alpha value is -3.31. The number of amides is 1. The van der Waals surface area contributed by atoms with E-state index in [9.17, 15) is 9.59 Å². The van der Waals surface area contributed by atoms with Crippen molar-refractivity contribution in [3.8, 4) is 5.75 Å².